The average molecular weight is 511 g/mol. The van der Waals surface area contributed by atoms with E-state index in [0.29, 0.717) is 34.4 Å². The van der Waals surface area contributed by atoms with Crippen molar-refractivity contribution in [3.63, 3.8) is 0 Å². The molecule has 1 heterocycles. The molecule has 0 aliphatic carbocycles. The molecule has 2 aromatic carbocycles. The molecule has 0 spiro atoms. The molecule has 1 N–H and O–H groups in total. The van der Waals surface area contributed by atoms with Crippen molar-refractivity contribution in [2.45, 2.75) is 30.6 Å². The Bertz CT molecular complexity index is 1130. The molecule has 0 aromatic heterocycles. The van der Waals surface area contributed by atoms with Gasteiger partial charge in [0.2, 0.25) is 10.0 Å². The molecule has 0 unspecified atom stereocenters. The standard InChI is InChI=1S/C23H24Cl2N2O5S/c24-18-8-11-20(25)21(15-18)26-22(28)16-32-23(29)12-7-17-5-9-19(10-6-17)33(30,31)27-13-3-1-2-4-14-27/h5-12,15H,1-4,13-14,16H2,(H,26,28)/b12-7+. The minimum atomic E-state index is -3.53. The SMILES string of the molecule is O=C(COC(=O)/C=C/c1ccc(S(=O)(=O)N2CCCCCC2)cc1)Nc1cc(Cl)ccc1Cl. The summed E-state index contributed by atoms with van der Waals surface area (Å²) in [7, 11) is -3.53. The van der Waals surface area contributed by atoms with Crippen LogP contribution in [0.4, 0.5) is 5.69 Å². The minimum Gasteiger partial charge on any atom is -0.452 e. The van der Waals surface area contributed by atoms with E-state index in [1.165, 1.54) is 28.6 Å². The Labute approximate surface area is 203 Å². The summed E-state index contributed by atoms with van der Waals surface area (Å²) in [6, 6.07) is 10.9. The molecule has 176 valence electrons. The lowest BCUT2D eigenvalue weighted by atomic mass is 10.2. The van der Waals surface area contributed by atoms with Gasteiger partial charge in [-0.3, -0.25) is 4.79 Å². The minimum absolute atomic E-state index is 0.223. The maximum atomic E-state index is 12.8. The summed E-state index contributed by atoms with van der Waals surface area (Å²) in [6.07, 6.45) is 6.47. The Balaban J connectivity index is 1.52. The van der Waals surface area contributed by atoms with Crippen LogP contribution in [0.25, 0.3) is 6.08 Å². The number of hydrogen-bond donors (Lipinski definition) is 1. The molecule has 1 fully saturated rings. The van der Waals surface area contributed by atoms with Gasteiger partial charge in [0.25, 0.3) is 5.91 Å². The summed E-state index contributed by atoms with van der Waals surface area (Å²) in [5, 5.41) is 3.22. The Morgan fingerprint density at radius 2 is 1.67 bits per heavy atom. The van der Waals surface area contributed by atoms with E-state index in [1.54, 1.807) is 24.3 Å². The third kappa shape index (κ3) is 7.30. The van der Waals surface area contributed by atoms with Gasteiger partial charge >= 0.3 is 5.97 Å². The van der Waals surface area contributed by atoms with Crippen LogP contribution in [0.3, 0.4) is 0 Å². The third-order valence-corrected chi connectivity index (χ3v) is 7.52. The monoisotopic (exact) mass is 510 g/mol. The summed E-state index contributed by atoms with van der Waals surface area (Å²) in [4.78, 5) is 24.1. The summed E-state index contributed by atoms with van der Waals surface area (Å²) in [6.45, 7) is 0.568. The number of carbonyl (C=O) groups is 2. The number of benzene rings is 2. The van der Waals surface area contributed by atoms with E-state index in [1.807, 2.05) is 0 Å². The zero-order valence-electron chi connectivity index (χ0n) is 17.8. The molecule has 3 rings (SSSR count). The van der Waals surface area contributed by atoms with Gasteiger partial charge in [-0.25, -0.2) is 13.2 Å². The Hall–Kier alpha value is -2.39. The van der Waals surface area contributed by atoms with Gasteiger partial charge < -0.3 is 10.1 Å². The zero-order valence-corrected chi connectivity index (χ0v) is 20.1. The van der Waals surface area contributed by atoms with Crippen LogP contribution in [0.15, 0.2) is 53.4 Å². The smallest absolute Gasteiger partial charge is 0.331 e. The van der Waals surface area contributed by atoms with Crippen LogP contribution in [0, 0.1) is 0 Å². The number of amides is 1. The molecule has 7 nitrogen and oxygen atoms in total. The lowest BCUT2D eigenvalue weighted by molar-refractivity contribution is -0.142. The van der Waals surface area contributed by atoms with Gasteiger partial charge in [0, 0.05) is 24.2 Å². The van der Waals surface area contributed by atoms with Crippen molar-refractivity contribution in [1.29, 1.82) is 0 Å². The number of rotatable bonds is 7. The lowest BCUT2D eigenvalue weighted by Crippen LogP contribution is -2.31. The van der Waals surface area contributed by atoms with Gasteiger partial charge in [0.15, 0.2) is 6.61 Å². The first-order valence-corrected chi connectivity index (χ1v) is 12.7. The maximum Gasteiger partial charge on any atom is 0.331 e. The number of esters is 1. The molecule has 0 saturated carbocycles. The van der Waals surface area contributed by atoms with Crippen LogP contribution in [0.1, 0.15) is 31.2 Å². The largest absolute Gasteiger partial charge is 0.452 e. The van der Waals surface area contributed by atoms with Crippen LogP contribution in [0.2, 0.25) is 10.0 Å². The molecular formula is C23H24Cl2N2O5S. The zero-order chi connectivity index (χ0) is 23.8. The predicted octanol–water partition coefficient (Wildman–Crippen LogP) is 4.75. The number of nitrogens with zero attached hydrogens (tertiary/aromatic N) is 1. The maximum absolute atomic E-state index is 12.8. The summed E-state index contributed by atoms with van der Waals surface area (Å²) in [5.74, 6) is -1.28. The number of halogens is 2. The molecule has 1 aliphatic rings. The lowest BCUT2D eigenvalue weighted by Gasteiger charge is -2.19. The molecule has 0 atom stereocenters. The number of nitrogens with one attached hydrogen (secondary N) is 1. The van der Waals surface area contributed by atoms with E-state index in [2.05, 4.69) is 5.32 Å². The molecule has 1 aliphatic heterocycles. The van der Waals surface area contributed by atoms with Crippen LogP contribution in [-0.2, 0) is 24.3 Å². The highest BCUT2D eigenvalue weighted by Crippen LogP contribution is 2.25. The Morgan fingerprint density at radius 1 is 1.00 bits per heavy atom. The van der Waals surface area contributed by atoms with Gasteiger partial charge in [-0.2, -0.15) is 4.31 Å². The van der Waals surface area contributed by atoms with E-state index < -0.39 is 28.5 Å². The molecule has 33 heavy (non-hydrogen) atoms. The average Bonchev–Trinajstić information content (AvgIpc) is 3.09. The molecule has 1 saturated heterocycles. The van der Waals surface area contributed by atoms with E-state index in [4.69, 9.17) is 27.9 Å². The van der Waals surface area contributed by atoms with Crippen molar-refractivity contribution in [1.82, 2.24) is 4.31 Å². The van der Waals surface area contributed by atoms with Crippen molar-refractivity contribution >= 4 is 56.9 Å². The van der Waals surface area contributed by atoms with E-state index in [0.717, 1.165) is 31.8 Å². The first kappa shape index (κ1) is 25.2. The van der Waals surface area contributed by atoms with Gasteiger partial charge in [0.05, 0.1) is 15.6 Å². The van der Waals surface area contributed by atoms with Gasteiger partial charge in [0.1, 0.15) is 0 Å². The Morgan fingerprint density at radius 3 is 2.33 bits per heavy atom. The van der Waals surface area contributed by atoms with E-state index in [-0.39, 0.29) is 4.90 Å². The number of sulfonamides is 1. The fourth-order valence-electron chi connectivity index (χ4n) is 3.31. The highest BCUT2D eigenvalue weighted by Gasteiger charge is 2.24. The van der Waals surface area contributed by atoms with Crippen LogP contribution < -0.4 is 5.32 Å². The highest BCUT2D eigenvalue weighted by molar-refractivity contribution is 7.89. The van der Waals surface area contributed by atoms with Crippen molar-refractivity contribution in [2.75, 3.05) is 25.0 Å². The second-order valence-corrected chi connectivity index (χ2v) is 10.3. The van der Waals surface area contributed by atoms with Crippen LogP contribution in [0.5, 0.6) is 0 Å². The molecular weight excluding hydrogens is 487 g/mol. The molecule has 0 bridgehead atoms. The second-order valence-electron chi connectivity index (χ2n) is 7.50. The Kier molecular flexibility index (Phi) is 8.91. The fourth-order valence-corrected chi connectivity index (χ4v) is 5.16. The molecule has 10 heteroatoms. The van der Waals surface area contributed by atoms with E-state index in [9.17, 15) is 18.0 Å². The summed E-state index contributed by atoms with van der Waals surface area (Å²) < 4.78 is 32.1. The first-order valence-electron chi connectivity index (χ1n) is 10.5. The van der Waals surface area contributed by atoms with Gasteiger partial charge in [-0.1, -0.05) is 48.2 Å². The van der Waals surface area contributed by atoms with Crippen LogP contribution >= 0.6 is 23.2 Å². The molecule has 2 aromatic rings. The summed E-state index contributed by atoms with van der Waals surface area (Å²) in [5.41, 5.74) is 0.938. The number of anilines is 1. The normalized spacial score (nSPS) is 15.2. The second kappa shape index (κ2) is 11.7. The number of carbonyl (C=O) groups excluding carboxylic acids is 2. The van der Waals surface area contributed by atoms with Crippen molar-refractivity contribution < 1.29 is 22.7 Å². The van der Waals surface area contributed by atoms with Crippen molar-refractivity contribution in [2.24, 2.45) is 0 Å². The predicted molar refractivity (Wildman–Crippen MR) is 129 cm³/mol. The number of ether oxygens (including phenoxy) is 1. The third-order valence-electron chi connectivity index (χ3n) is 5.04. The van der Waals surface area contributed by atoms with Crippen molar-refractivity contribution in [3.05, 3.63) is 64.1 Å². The molecule has 0 radical (unpaired) electrons. The highest BCUT2D eigenvalue weighted by atomic mass is 35.5. The first-order chi connectivity index (χ1) is 15.8. The summed E-state index contributed by atoms with van der Waals surface area (Å²) >= 11 is 11.8. The fraction of sp³-hybridized carbons (Fsp3) is 0.304. The van der Waals surface area contributed by atoms with Crippen molar-refractivity contribution in [3.8, 4) is 0 Å². The number of hydrogen-bond acceptors (Lipinski definition) is 5. The molecule has 1 amide bonds. The van der Waals surface area contributed by atoms with Crippen LogP contribution in [-0.4, -0.2) is 44.3 Å². The van der Waals surface area contributed by atoms with Gasteiger partial charge in [-0.15, -0.1) is 0 Å². The quantitative estimate of drug-likeness (QED) is 0.428. The van der Waals surface area contributed by atoms with E-state index >= 15 is 0 Å². The topological polar surface area (TPSA) is 92.8 Å². The van der Waals surface area contributed by atoms with Gasteiger partial charge in [-0.05, 0) is 54.8 Å².